The molecule has 1 aromatic rings. The van der Waals surface area contributed by atoms with Crippen molar-refractivity contribution in [3.8, 4) is 5.75 Å². The van der Waals surface area contributed by atoms with Crippen LogP contribution in [0.15, 0.2) is 18.3 Å². The molecule has 0 radical (unpaired) electrons. The second kappa shape index (κ2) is 4.29. The fraction of sp³-hybridized carbons (Fsp3) is 0.455. The van der Waals surface area contributed by atoms with Gasteiger partial charge in [0.05, 0.1) is 0 Å². The lowest BCUT2D eigenvalue weighted by Gasteiger charge is -2.18. The van der Waals surface area contributed by atoms with Crippen molar-refractivity contribution in [2.45, 2.75) is 33.3 Å². The highest BCUT2D eigenvalue weighted by molar-refractivity contribution is 5.64. The van der Waals surface area contributed by atoms with Crippen LogP contribution in [0.4, 0.5) is 4.79 Å². The summed E-state index contributed by atoms with van der Waals surface area (Å²) in [5.41, 5.74) is 0.246. The molecule has 4 heteroatoms. The van der Waals surface area contributed by atoms with Gasteiger partial charge in [0, 0.05) is 18.0 Å². The molecule has 1 heterocycles. The highest BCUT2D eigenvalue weighted by atomic mass is 16.7. The number of hydrogen-bond acceptors (Lipinski definition) is 4. The molecular formula is C11H15NO3. The third-order valence-corrected chi connectivity index (χ3v) is 1.46. The van der Waals surface area contributed by atoms with Gasteiger partial charge in [-0.1, -0.05) is 0 Å². The number of carbonyl (C=O) groups is 1. The van der Waals surface area contributed by atoms with E-state index in [1.807, 2.05) is 6.92 Å². The molecule has 0 aliphatic heterocycles. The summed E-state index contributed by atoms with van der Waals surface area (Å²) >= 11 is 0. The Kier molecular flexibility index (Phi) is 3.29. The smallest absolute Gasteiger partial charge is 0.428 e. The van der Waals surface area contributed by atoms with Crippen LogP contribution in [0.5, 0.6) is 5.75 Å². The summed E-state index contributed by atoms with van der Waals surface area (Å²) < 4.78 is 9.97. The van der Waals surface area contributed by atoms with Gasteiger partial charge in [-0.05, 0) is 33.8 Å². The predicted molar refractivity (Wildman–Crippen MR) is 55.8 cm³/mol. The molecule has 0 fully saturated rings. The third-order valence-electron chi connectivity index (χ3n) is 1.46. The summed E-state index contributed by atoms with van der Waals surface area (Å²) in [6.45, 7) is 7.17. The number of rotatable bonds is 1. The van der Waals surface area contributed by atoms with Crippen molar-refractivity contribution in [3.05, 3.63) is 24.0 Å². The van der Waals surface area contributed by atoms with E-state index in [-0.39, 0.29) is 0 Å². The minimum absolute atomic E-state index is 0.441. The van der Waals surface area contributed by atoms with Crippen LogP contribution >= 0.6 is 0 Å². The van der Waals surface area contributed by atoms with Crippen molar-refractivity contribution >= 4 is 6.16 Å². The highest BCUT2D eigenvalue weighted by Gasteiger charge is 2.17. The first-order valence-corrected chi connectivity index (χ1v) is 4.70. The Balaban J connectivity index is 2.59. The molecule has 15 heavy (non-hydrogen) atoms. The summed E-state index contributed by atoms with van der Waals surface area (Å²) in [6.07, 6.45) is 0.878. The van der Waals surface area contributed by atoms with E-state index in [9.17, 15) is 4.79 Å². The minimum Gasteiger partial charge on any atom is -0.428 e. The Labute approximate surface area is 89.2 Å². The summed E-state index contributed by atoms with van der Waals surface area (Å²) in [4.78, 5) is 15.3. The summed E-state index contributed by atoms with van der Waals surface area (Å²) in [6, 6.07) is 3.28. The number of aromatic nitrogens is 1. The van der Waals surface area contributed by atoms with Crippen LogP contribution in [-0.2, 0) is 4.74 Å². The first-order valence-electron chi connectivity index (χ1n) is 4.70. The molecule has 0 atom stereocenters. The fourth-order valence-corrected chi connectivity index (χ4v) is 0.950. The van der Waals surface area contributed by atoms with Gasteiger partial charge in [0.25, 0.3) is 0 Å². The zero-order valence-electron chi connectivity index (χ0n) is 9.40. The number of pyridine rings is 1. The van der Waals surface area contributed by atoms with Crippen LogP contribution in [0.2, 0.25) is 0 Å². The van der Waals surface area contributed by atoms with Gasteiger partial charge in [0.2, 0.25) is 0 Å². The van der Waals surface area contributed by atoms with E-state index >= 15 is 0 Å². The standard InChI is InChI=1S/C11H15NO3/c1-8-7-9(5-6-12-8)14-10(13)15-11(2,3)4/h5-7H,1-4H3. The molecule has 0 aliphatic rings. The Morgan fingerprint density at radius 2 is 2.07 bits per heavy atom. The molecule has 0 aromatic carbocycles. The van der Waals surface area contributed by atoms with Crippen molar-refractivity contribution in [3.63, 3.8) is 0 Å². The SMILES string of the molecule is Cc1cc(OC(=O)OC(C)(C)C)ccn1. The maximum absolute atomic E-state index is 11.3. The Morgan fingerprint density at radius 3 is 2.60 bits per heavy atom. The average molecular weight is 209 g/mol. The van der Waals surface area contributed by atoms with Gasteiger partial charge in [-0.3, -0.25) is 4.98 Å². The van der Waals surface area contributed by atoms with Crippen LogP contribution in [0.1, 0.15) is 26.5 Å². The molecule has 0 saturated heterocycles. The van der Waals surface area contributed by atoms with Crippen LogP contribution in [0.3, 0.4) is 0 Å². The van der Waals surface area contributed by atoms with Crippen molar-refractivity contribution in [2.75, 3.05) is 0 Å². The van der Waals surface area contributed by atoms with Crippen LogP contribution in [0, 0.1) is 6.92 Å². The van der Waals surface area contributed by atoms with E-state index in [1.165, 1.54) is 0 Å². The molecule has 0 spiro atoms. The fourth-order valence-electron chi connectivity index (χ4n) is 0.950. The molecule has 4 nitrogen and oxygen atoms in total. The first-order chi connectivity index (χ1) is 6.87. The zero-order chi connectivity index (χ0) is 11.5. The Morgan fingerprint density at radius 1 is 1.40 bits per heavy atom. The summed E-state index contributed by atoms with van der Waals surface area (Å²) in [5, 5.41) is 0. The first kappa shape index (κ1) is 11.5. The lowest BCUT2D eigenvalue weighted by atomic mass is 10.2. The lowest BCUT2D eigenvalue weighted by Crippen LogP contribution is -2.25. The minimum atomic E-state index is -0.701. The second-order valence-corrected chi connectivity index (χ2v) is 4.20. The maximum Gasteiger partial charge on any atom is 0.514 e. The summed E-state index contributed by atoms with van der Waals surface area (Å²) in [5.74, 6) is 0.441. The Hall–Kier alpha value is -1.58. The molecule has 0 N–H and O–H groups in total. The van der Waals surface area contributed by atoms with Gasteiger partial charge in [0.15, 0.2) is 0 Å². The predicted octanol–water partition coefficient (Wildman–Crippen LogP) is 2.70. The van der Waals surface area contributed by atoms with Crippen molar-refractivity contribution in [1.82, 2.24) is 4.98 Å². The molecule has 1 aromatic heterocycles. The van der Waals surface area contributed by atoms with E-state index < -0.39 is 11.8 Å². The molecule has 0 bridgehead atoms. The van der Waals surface area contributed by atoms with Crippen LogP contribution < -0.4 is 4.74 Å². The summed E-state index contributed by atoms with van der Waals surface area (Å²) in [7, 11) is 0. The lowest BCUT2D eigenvalue weighted by molar-refractivity contribution is 0.0206. The topological polar surface area (TPSA) is 48.4 Å². The molecule has 0 unspecified atom stereocenters. The molecule has 0 saturated carbocycles. The van der Waals surface area contributed by atoms with Gasteiger partial charge < -0.3 is 9.47 Å². The zero-order valence-corrected chi connectivity index (χ0v) is 9.40. The monoisotopic (exact) mass is 209 g/mol. The van der Waals surface area contributed by atoms with Gasteiger partial charge in [-0.15, -0.1) is 0 Å². The largest absolute Gasteiger partial charge is 0.514 e. The van der Waals surface area contributed by atoms with Crippen molar-refractivity contribution < 1.29 is 14.3 Å². The number of hydrogen-bond donors (Lipinski definition) is 0. The van der Waals surface area contributed by atoms with Crippen LogP contribution in [-0.4, -0.2) is 16.7 Å². The third kappa shape index (κ3) is 4.44. The second-order valence-electron chi connectivity index (χ2n) is 4.20. The van der Waals surface area contributed by atoms with E-state index in [2.05, 4.69) is 4.98 Å². The Bertz CT molecular complexity index is 355. The average Bonchev–Trinajstić information content (AvgIpc) is 1.99. The maximum atomic E-state index is 11.3. The van der Waals surface area contributed by atoms with Gasteiger partial charge >= 0.3 is 6.16 Å². The van der Waals surface area contributed by atoms with Crippen molar-refractivity contribution in [2.24, 2.45) is 0 Å². The number of aryl methyl sites for hydroxylation is 1. The van der Waals surface area contributed by atoms with Crippen molar-refractivity contribution in [1.29, 1.82) is 0 Å². The molecule has 82 valence electrons. The number of carbonyl (C=O) groups excluding carboxylic acids is 1. The number of ether oxygens (including phenoxy) is 2. The molecule has 0 amide bonds. The normalized spacial score (nSPS) is 10.9. The van der Waals surface area contributed by atoms with E-state index in [0.29, 0.717) is 5.75 Å². The number of nitrogens with zero attached hydrogens (tertiary/aromatic N) is 1. The molecular weight excluding hydrogens is 194 g/mol. The molecule has 0 aliphatic carbocycles. The van der Waals surface area contributed by atoms with Gasteiger partial charge in [-0.2, -0.15) is 0 Å². The van der Waals surface area contributed by atoms with Crippen LogP contribution in [0.25, 0.3) is 0 Å². The molecule has 1 rings (SSSR count). The quantitative estimate of drug-likeness (QED) is 0.667. The van der Waals surface area contributed by atoms with Gasteiger partial charge in [-0.25, -0.2) is 4.79 Å². The van der Waals surface area contributed by atoms with Gasteiger partial charge in [0.1, 0.15) is 11.4 Å². The van der Waals surface area contributed by atoms with E-state index in [4.69, 9.17) is 9.47 Å². The highest BCUT2D eigenvalue weighted by Crippen LogP contribution is 2.14. The van der Waals surface area contributed by atoms with E-state index in [1.54, 1.807) is 39.1 Å². The van der Waals surface area contributed by atoms with E-state index in [0.717, 1.165) is 5.69 Å².